The van der Waals surface area contributed by atoms with Gasteiger partial charge in [-0.1, -0.05) is 18.2 Å². The fraction of sp³-hybridized carbons (Fsp3) is 0.158. The molecule has 7 nitrogen and oxygen atoms in total. The highest BCUT2D eigenvalue weighted by Gasteiger charge is 2.19. The van der Waals surface area contributed by atoms with Crippen LogP contribution < -0.4 is 16.4 Å². The van der Waals surface area contributed by atoms with E-state index in [-0.39, 0.29) is 17.3 Å². The summed E-state index contributed by atoms with van der Waals surface area (Å²) in [7, 11) is 0. The number of hydrogen-bond acceptors (Lipinski definition) is 4. The van der Waals surface area contributed by atoms with Crippen LogP contribution in [-0.2, 0) is 0 Å². The van der Waals surface area contributed by atoms with Crippen molar-refractivity contribution in [3.63, 3.8) is 0 Å². The first-order valence-electron chi connectivity index (χ1n) is 8.37. The summed E-state index contributed by atoms with van der Waals surface area (Å²) < 4.78 is 27.8. The minimum Gasteiger partial charge on any atom is -0.267 e. The number of nitrogens with one attached hydrogen (secondary N) is 2. The number of nitrogens with zero attached hydrogens (tertiary/aromatic N) is 2. The molecule has 0 aliphatic carbocycles. The molecule has 2 N–H and O–H groups in total. The number of fused-ring (bicyclic) bond motifs is 1. The van der Waals surface area contributed by atoms with Crippen molar-refractivity contribution >= 4 is 22.6 Å². The van der Waals surface area contributed by atoms with Gasteiger partial charge in [0, 0.05) is 11.5 Å². The molecule has 144 valence electrons. The molecule has 0 bridgehead atoms. The van der Waals surface area contributed by atoms with Gasteiger partial charge in [0.05, 0.1) is 17.0 Å². The smallest absolute Gasteiger partial charge is 0.267 e. The topological polar surface area (TPSA) is 93.1 Å². The van der Waals surface area contributed by atoms with Crippen LogP contribution in [0.3, 0.4) is 0 Å². The molecule has 0 fully saturated rings. The molecule has 0 aliphatic heterocycles. The third-order valence-corrected chi connectivity index (χ3v) is 4.00. The second-order valence-corrected chi connectivity index (χ2v) is 6.27. The van der Waals surface area contributed by atoms with E-state index in [1.54, 1.807) is 38.1 Å². The second-order valence-electron chi connectivity index (χ2n) is 6.27. The molecule has 9 heteroatoms. The molecule has 28 heavy (non-hydrogen) atoms. The van der Waals surface area contributed by atoms with Crippen molar-refractivity contribution in [3.8, 4) is 0 Å². The number of aromatic nitrogens is 2. The van der Waals surface area contributed by atoms with Gasteiger partial charge in [0.25, 0.3) is 17.4 Å². The average Bonchev–Trinajstić information content (AvgIpc) is 2.66. The lowest BCUT2D eigenvalue weighted by molar-refractivity contribution is 0.0841. The van der Waals surface area contributed by atoms with Gasteiger partial charge in [-0.05, 0) is 32.0 Å². The molecule has 0 saturated heterocycles. The van der Waals surface area contributed by atoms with Crippen molar-refractivity contribution in [1.29, 1.82) is 0 Å². The summed E-state index contributed by atoms with van der Waals surface area (Å²) in [6, 6.07) is 8.58. The number of carbonyl (C=O) groups is 2. The summed E-state index contributed by atoms with van der Waals surface area (Å²) >= 11 is 0. The Morgan fingerprint density at radius 1 is 1.00 bits per heavy atom. The Hall–Kier alpha value is -3.62. The summed E-state index contributed by atoms with van der Waals surface area (Å²) in [6.07, 6.45) is 0. The summed E-state index contributed by atoms with van der Waals surface area (Å²) in [4.78, 5) is 37.1. The summed E-state index contributed by atoms with van der Waals surface area (Å²) in [5.41, 5.74) is 3.33. The van der Waals surface area contributed by atoms with Crippen LogP contribution in [0.5, 0.6) is 0 Å². The number of amides is 2. The quantitative estimate of drug-likeness (QED) is 0.676. The van der Waals surface area contributed by atoms with Crippen molar-refractivity contribution in [2.45, 2.75) is 19.9 Å². The van der Waals surface area contributed by atoms with Crippen LogP contribution in [0.4, 0.5) is 8.78 Å². The monoisotopic (exact) mass is 386 g/mol. The summed E-state index contributed by atoms with van der Waals surface area (Å²) in [6.45, 7) is 3.48. The van der Waals surface area contributed by atoms with Crippen molar-refractivity contribution in [2.24, 2.45) is 0 Å². The van der Waals surface area contributed by atoms with Crippen LogP contribution in [0.2, 0.25) is 0 Å². The zero-order valence-electron chi connectivity index (χ0n) is 15.0. The van der Waals surface area contributed by atoms with E-state index >= 15 is 0 Å². The van der Waals surface area contributed by atoms with Crippen molar-refractivity contribution in [1.82, 2.24) is 20.6 Å². The summed E-state index contributed by atoms with van der Waals surface area (Å²) in [5.74, 6) is -3.65. The highest BCUT2D eigenvalue weighted by Crippen LogP contribution is 2.15. The van der Waals surface area contributed by atoms with Crippen LogP contribution in [0, 0.1) is 11.6 Å². The van der Waals surface area contributed by atoms with Gasteiger partial charge in [0.15, 0.2) is 5.69 Å². The molecule has 3 rings (SSSR count). The molecule has 0 atom stereocenters. The molecule has 2 aromatic carbocycles. The van der Waals surface area contributed by atoms with E-state index in [0.717, 1.165) is 12.1 Å². The van der Waals surface area contributed by atoms with E-state index in [1.165, 1.54) is 4.68 Å². The Morgan fingerprint density at radius 2 is 1.64 bits per heavy atom. The van der Waals surface area contributed by atoms with E-state index in [4.69, 9.17) is 0 Å². The Kier molecular flexibility index (Phi) is 5.16. The SMILES string of the molecule is CC(C)n1nc(C(=O)NNC(=O)c2ccc(F)cc2F)c2ccccc2c1=O. The third kappa shape index (κ3) is 3.59. The number of rotatable bonds is 3. The van der Waals surface area contributed by atoms with E-state index in [1.807, 2.05) is 0 Å². The fourth-order valence-electron chi connectivity index (χ4n) is 2.64. The number of halogens is 2. The zero-order valence-corrected chi connectivity index (χ0v) is 15.0. The van der Waals surface area contributed by atoms with Gasteiger partial charge in [-0.2, -0.15) is 5.10 Å². The molecule has 0 radical (unpaired) electrons. The van der Waals surface area contributed by atoms with Crippen molar-refractivity contribution < 1.29 is 18.4 Å². The second kappa shape index (κ2) is 7.55. The lowest BCUT2D eigenvalue weighted by Gasteiger charge is -2.14. The van der Waals surface area contributed by atoms with E-state index in [0.29, 0.717) is 16.8 Å². The number of carbonyl (C=O) groups excluding carboxylic acids is 2. The van der Waals surface area contributed by atoms with Crippen LogP contribution in [-0.4, -0.2) is 21.6 Å². The van der Waals surface area contributed by atoms with Crippen LogP contribution >= 0.6 is 0 Å². The first-order chi connectivity index (χ1) is 13.3. The Morgan fingerprint density at radius 3 is 2.29 bits per heavy atom. The van der Waals surface area contributed by atoms with Crippen molar-refractivity contribution in [2.75, 3.05) is 0 Å². The minimum atomic E-state index is -1.07. The normalized spacial score (nSPS) is 10.9. The number of hydrogen-bond donors (Lipinski definition) is 2. The Labute approximate surface area is 157 Å². The minimum absolute atomic E-state index is 0.0798. The van der Waals surface area contributed by atoms with Gasteiger partial charge in [-0.3, -0.25) is 25.2 Å². The Balaban J connectivity index is 1.90. The fourth-order valence-corrected chi connectivity index (χ4v) is 2.64. The molecule has 3 aromatic rings. The van der Waals surface area contributed by atoms with Gasteiger partial charge in [0.2, 0.25) is 0 Å². The average molecular weight is 386 g/mol. The standard InChI is InChI=1S/C19H16F2N4O3/c1-10(2)25-19(28)13-6-4-3-5-12(13)16(24-25)18(27)23-22-17(26)14-8-7-11(20)9-15(14)21/h3-10H,1-2H3,(H,22,26)(H,23,27). The molecular weight excluding hydrogens is 370 g/mol. The molecule has 1 heterocycles. The highest BCUT2D eigenvalue weighted by molar-refractivity contribution is 6.06. The maximum absolute atomic E-state index is 13.7. The first-order valence-corrected chi connectivity index (χ1v) is 8.37. The van der Waals surface area contributed by atoms with E-state index < -0.39 is 29.0 Å². The van der Waals surface area contributed by atoms with E-state index in [2.05, 4.69) is 16.0 Å². The first kappa shape index (κ1) is 19.2. The summed E-state index contributed by atoms with van der Waals surface area (Å²) in [5, 5.41) is 4.70. The maximum atomic E-state index is 13.7. The predicted octanol–water partition coefficient (Wildman–Crippen LogP) is 2.33. The van der Waals surface area contributed by atoms with Gasteiger partial charge in [-0.15, -0.1) is 0 Å². The maximum Gasteiger partial charge on any atom is 0.290 e. The van der Waals surface area contributed by atoms with Crippen molar-refractivity contribution in [3.05, 3.63) is 75.7 Å². The molecule has 0 aliphatic rings. The lowest BCUT2D eigenvalue weighted by atomic mass is 10.1. The van der Waals surface area contributed by atoms with Gasteiger partial charge >= 0.3 is 0 Å². The highest BCUT2D eigenvalue weighted by atomic mass is 19.1. The van der Waals surface area contributed by atoms with Crippen LogP contribution in [0.1, 0.15) is 40.7 Å². The van der Waals surface area contributed by atoms with Gasteiger partial charge < -0.3 is 0 Å². The Bertz CT molecular complexity index is 1140. The molecular formula is C19H16F2N4O3. The van der Waals surface area contributed by atoms with E-state index in [9.17, 15) is 23.2 Å². The largest absolute Gasteiger partial charge is 0.290 e. The predicted molar refractivity (Wildman–Crippen MR) is 97.7 cm³/mol. The van der Waals surface area contributed by atoms with Gasteiger partial charge in [0.1, 0.15) is 11.6 Å². The molecule has 0 unspecified atom stereocenters. The van der Waals surface area contributed by atoms with Crippen LogP contribution in [0.25, 0.3) is 10.8 Å². The third-order valence-electron chi connectivity index (χ3n) is 4.00. The number of benzene rings is 2. The zero-order chi connectivity index (χ0) is 20.4. The van der Waals surface area contributed by atoms with Crippen LogP contribution in [0.15, 0.2) is 47.3 Å². The molecule has 2 amide bonds. The number of hydrazine groups is 1. The lowest BCUT2D eigenvalue weighted by Crippen LogP contribution is -2.43. The molecule has 0 spiro atoms. The molecule has 1 aromatic heterocycles. The van der Waals surface area contributed by atoms with Gasteiger partial charge in [-0.25, -0.2) is 13.5 Å². The molecule has 0 saturated carbocycles.